The summed E-state index contributed by atoms with van der Waals surface area (Å²) in [6, 6.07) is 7.04. The Hall–Kier alpha value is -1.75. The molecule has 1 rings (SSSR count). The lowest BCUT2D eigenvalue weighted by atomic mass is 9.99. The van der Waals surface area contributed by atoms with E-state index in [1.165, 1.54) is 0 Å². The maximum atomic E-state index is 12.1. The van der Waals surface area contributed by atoms with Crippen LogP contribution in [0.15, 0.2) is 24.3 Å². The first-order chi connectivity index (χ1) is 9.69. The van der Waals surface area contributed by atoms with Crippen molar-refractivity contribution in [2.45, 2.75) is 38.8 Å². The van der Waals surface area contributed by atoms with Crippen molar-refractivity contribution in [1.29, 1.82) is 0 Å². The number of urea groups is 1. The van der Waals surface area contributed by atoms with Gasteiger partial charge in [-0.25, -0.2) is 4.79 Å². The summed E-state index contributed by atoms with van der Waals surface area (Å²) < 4.78 is 0. The van der Waals surface area contributed by atoms with Gasteiger partial charge in [-0.15, -0.1) is 0 Å². The summed E-state index contributed by atoms with van der Waals surface area (Å²) in [7, 11) is 1.69. The van der Waals surface area contributed by atoms with Crippen LogP contribution >= 0.6 is 11.6 Å². The Morgan fingerprint density at radius 3 is 2.38 bits per heavy atom. The van der Waals surface area contributed by atoms with Gasteiger partial charge in [-0.2, -0.15) is 0 Å². The summed E-state index contributed by atoms with van der Waals surface area (Å²) in [5, 5.41) is 12.2. The van der Waals surface area contributed by atoms with Gasteiger partial charge >= 0.3 is 12.0 Å². The fraction of sp³-hybridized carbons (Fsp3) is 0.467. The number of hydrogen-bond donors (Lipinski definition) is 2. The van der Waals surface area contributed by atoms with Crippen LogP contribution in [0.4, 0.5) is 4.79 Å². The first kappa shape index (κ1) is 17.3. The Morgan fingerprint density at radius 1 is 1.29 bits per heavy atom. The Balaban J connectivity index is 2.53. The number of nitrogens with zero attached hydrogens (tertiary/aromatic N) is 1. The Bertz CT molecular complexity index is 500. The average molecular weight is 313 g/mol. The maximum absolute atomic E-state index is 12.1. The highest BCUT2D eigenvalue weighted by Crippen LogP contribution is 2.14. The highest BCUT2D eigenvalue weighted by molar-refractivity contribution is 6.30. The minimum Gasteiger partial charge on any atom is -0.481 e. The summed E-state index contributed by atoms with van der Waals surface area (Å²) in [6.45, 7) is 4.08. The summed E-state index contributed by atoms with van der Waals surface area (Å²) >= 11 is 5.82. The van der Waals surface area contributed by atoms with Crippen LogP contribution in [0.2, 0.25) is 5.02 Å². The average Bonchev–Trinajstić information content (AvgIpc) is 2.38. The molecule has 0 aromatic heterocycles. The predicted octanol–water partition coefficient (Wildman–Crippen LogP) is 3.12. The smallest absolute Gasteiger partial charge is 0.317 e. The zero-order valence-electron chi connectivity index (χ0n) is 12.5. The van der Waals surface area contributed by atoms with Gasteiger partial charge in [0.05, 0.1) is 0 Å². The van der Waals surface area contributed by atoms with Crippen LogP contribution in [0.1, 0.15) is 32.3 Å². The highest BCUT2D eigenvalue weighted by atomic mass is 35.5. The van der Waals surface area contributed by atoms with Gasteiger partial charge in [0.25, 0.3) is 0 Å². The number of carboxylic acid groups (broad SMARTS) is 1. The summed E-state index contributed by atoms with van der Waals surface area (Å²) in [6.07, 6.45) is 0.400. The molecule has 0 fully saturated rings. The van der Waals surface area contributed by atoms with E-state index < -0.39 is 11.5 Å². The molecule has 0 bridgehead atoms. The van der Waals surface area contributed by atoms with Gasteiger partial charge < -0.3 is 15.3 Å². The zero-order chi connectivity index (χ0) is 16.0. The third kappa shape index (κ3) is 6.49. The SMILES string of the molecule is CN(Cc1ccc(Cl)cc1)C(=O)NC(C)(C)CCC(=O)O. The molecule has 0 atom stereocenters. The van der Waals surface area contributed by atoms with Crippen LogP contribution in [0.25, 0.3) is 0 Å². The van der Waals surface area contributed by atoms with E-state index in [4.69, 9.17) is 16.7 Å². The van der Waals surface area contributed by atoms with Crippen LogP contribution in [0.3, 0.4) is 0 Å². The summed E-state index contributed by atoms with van der Waals surface area (Å²) in [4.78, 5) is 24.3. The van der Waals surface area contributed by atoms with Crippen LogP contribution < -0.4 is 5.32 Å². The lowest BCUT2D eigenvalue weighted by molar-refractivity contribution is -0.137. The fourth-order valence-electron chi connectivity index (χ4n) is 1.80. The van der Waals surface area contributed by atoms with E-state index in [2.05, 4.69) is 5.32 Å². The van der Waals surface area contributed by atoms with Gasteiger partial charge in [-0.1, -0.05) is 23.7 Å². The second-order valence-electron chi connectivity index (χ2n) is 5.69. The van der Waals surface area contributed by atoms with Crippen molar-refractivity contribution in [3.8, 4) is 0 Å². The molecule has 0 aliphatic heterocycles. The number of aliphatic carboxylic acids is 1. The number of benzene rings is 1. The minimum absolute atomic E-state index is 0.0220. The van der Waals surface area contributed by atoms with Crippen molar-refractivity contribution in [2.75, 3.05) is 7.05 Å². The second kappa shape index (κ2) is 7.31. The zero-order valence-corrected chi connectivity index (χ0v) is 13.3. The van der Waals surface area contributed by atoms with Gasteiger partial charge in [0.15, 0.2) is 0 Å². The number of carboxylic acids is 1. The molecule has 2 amide bonds. The van der Waals surface area contributed by atoms with E-state index in [1.807, 2.05) is 26.0 Å². The quantitative estimate of drug-likeness (QED) is 0.848. The fourth-order valence-corrected chi connectivity index (χ4v) is 1.93. The largest absolute Gasteiger partial charge is 0.481 e. The van der Waals surface area contributed by atoms with Gasteiger partial charge in [-0.05, 0) is 38.0 Å². The Labute approximate surface area is 129 Å². The number of carbonyl (C=O) groups excluding carboxylic acids is 1. The molecule has 0 saturated carbocycles. The van der Waals surface area contributed by atoms with Crippen molar-refractivity contribution >= 4 is 23.6 Å². The standard InChI is InChI=1S/C15H21ClN2O3/c1-15(2,9-8-13(19)20)17-14(21)18(3)10-11-4-6-12(16)7-5-11/h4-7H,8-10H2,1-3H3,(H,17,21)(H,19,20). The van der Waals surface area contributed by atoms with E-state index in [9.17, 15) is 9.59 Å². The van der Waals surface area contributed by atoms with Crippen molar-refractivity contribution in [2.24, 2.45) is 0 Å². The maximum Gasteiger partial charge on any atom is 0.317 e. The van der Waals surface area contributed by atoms with Crippen molar-refractivity contribution in [3.63, 3.8) is 0 Å². The van der Waals surface area contributed by atoms with Gasteiger partial charge in [0, 0.05) is 30.6 Å². The lowest BCUT2D eigenvalue weighted by Crippen LogP contribution is -2.48. The summed E-state index contributed by atoms with van der Waals surface area (Å²) in [5.74, 6) is -0.869. The van der Waals surface area contributed by atoms with Gasteiger partial charge in [0.1, 0.15) is 0 Å². The first-order valence-corrected chi connectivity index (χ1v) is 7.07. The number of nitrogens with one attached hydrogen (secondary N) is 1. The Morgan fingerprint density at radius 2 is 1.86 bits per heavy atom. The lowest BCUT2D eigenvalue weighted by Gasteiger charge is -2.29. The van der Waals surface area contributed by atoms with E-state index in [0.29, 0.717) is 18.0 Å². The molecule has 0 spiro atoms. The van der Waals surface area contributed by atoms with Crippen molar-refractivity contribution in [1.82, 2.24) is 10.2 Å². The highest BCUT2D eigenvalue weighted by Gasteiger charge is 2.23. The van der Waals surface area contributed by atoms with Gasteiger partial charge in [-0.3, -0.25) is 4.79 Å². The molecule has 5 nitrogen and oxygen atoms in total. The van der Waals surface area contributed by atoms with E-state index >= 15 is 0 Å². The molecule has 6 heteroatoms. The predicted molar refractivity (Wildman–Crippen MR) is 82.4 cm³/mol. The van der Waals surface area contributed by atoms with Crippen LogP contribution in [0, 0.1) is 0 Å². The molecule has 2 N–H and O–H groups in total. The monoisotopic (exact) mass is 312 g/mol. The van der Waals surface area contributed by atoms with Crippen LogP contribution in [-0.4, -0.2) is 34.6 Å². The number of amides is 2. The number of rotatable bonds is 6. The normalized spacial score (nSPS) is 11.0. The number of halogens is 1. The molecule has 0 aliphatic carbocycles. The second-order valence-corrected chi connectivity index (χ2v) is 6.13. The van der Waals surface area contributed by atoms with Crippen LogP contribution in [-0.2, 0) is 11.3 Å². The molecule has 1 aromatic rings. The third-order valence-electron chi connectivity index (χ3n) is 3.09. The van der Waals surface area contributed by atoms with Crippen LogP contribution in [0.5, 0.6) is 0 Å². The van der Waals surface area contributed by atoms with Crippen molar-refractivity contribution < 1.29 is 14.7 Å². The molecular weight excluding hydrogens is 292 g/mol. The van der Waals surface area contributed by atoms with E-state index in [0.717, 1.165) is 5.56 Å². The molecular formula is C15H21ClN2O3. The Kier molecular flexibility index (Phi) is 6.03. The topological polar surface area (TPSA) is 69.6 Å². The molecule has 116 valence electrons. The third-order valence-corrected chi connectivity index (χ3v) is 3.34. The van der Waals surface area contributed by atoms with Crippen molar-refractivity contribution in [3.05, 3.63) is 34.9 Å². The molecule has 21 heavy (non-hydrogen) atoms. The molecule has 0 unspecified atom stereocenters. The molecule has 0 radical (unpaired) electrons. The minimum atomic E-state index is -0.869. The molecule has 0 saturated heterocycles. The first-order valence-electron chi connectivity index (χ1n) is 6.69. The van der Waals surface area contributed by atoms with E-state index in [1.54, 1.807) is 24.1 Å². The molecule has 1 aromatic carbocycles. The van der Waals surface area contributed by atoms with E-state index in [-0.39, 0.29) is 12.5 Å². The number of hydrogen-bond acceptors (Lipinski definition) is 2. The van der Waals surface area contributed by atoms with Gasteiger partial charge in [0.2, 0.25) is 0 Å². The summed E-state index contributed by atoms with van der Waals surface area (Å²) in [5.41, 5.74) is 0.407. The number of carbonyl (C=O) groups is 2. The molecule has 0 aliphatic rings. The molecule has 0 heterocycles.